The molecule has 9 heteroatoms. The van der Waals surface area contributed by atoms with Crippen LogP contribution in [0.5, 0.6) is 0 Å². The largest absolute Gasteiger partial charge is 0.419 e. The lowest BCUT2D eigenvalue weighted by Gasteiger charge is -2.10. The molecule has 2 aromatic rings. The maximum atomic E-state index is 12.4. The van der Waals surface area contributed by atoms with Gasteiger partial charge in [0, 0.05) is 32.7 Å². The first-order valence-electron chi connectivity index (χ1n) is 8.07. The number of oxazole rings is 1. The van der Waals surface area contributed by atoms with E-state index in [1.54, 1.807) is 7.05 Å². The van der Waals surface area contributed by atoms with E-state index in [1.807, 2.05) is 0 Å². The number of hydrogen-bond donors (Lipinski definition) is 1. The lowest BCUT2D eigenvalue weighted by Crippen LogP contribution is -2.32. The van der Waals surface area contributed by atoms with Crippen LogP contribution in [0.2, 0.25) is 0 Å². The second-order valence-corrected chi connectivity index (χ2v) is 8.17. The number of sulfone groups is 1. The number of amides is 1. The molecule has 1 aliphatic rings. The number of nitrogens with zero attached hydrogens (tertiary/aromatic N) is 1. The Balaban J connectivity index is 1.63. The Bertz CT molecular complexity index is 937. The van der Waals surface area contributed by atoms with Crippen molar-refractivity contribution >= 4 is 26.8 Å². The van der Waals surface area contributed by atoms with Crippen LogP contribution in [0.25, 0.3) is 11.1 Å². The predicted octanol–water partition coefficient (Wildman–Crippen LogP) is 0.590. The summed E-state index contributed by atoms with van der Waals surface area (Å²) in [7, 11) is -2.11. The van der Waals surface area contributed by atoms with Gasteiger partial charge in [0.25, 0.3) is 0 Å². The van der Waals surface area contributed by atoms with Crippen molar-refractivity contribution in [3.63, 3.8) is 0 Å². The fourth-order valence-electron chi connectivity index (χ4n) is 2.77. The molecule has 136 valence electrons. The third-order valence-corrected chi connectivity index (χ3v) is 5.99. The van der Waals surface area contributed by atoms with Crippen molar-refractivity contribution < 1.29 is 22.4 Å². The molecule has 1 fully saturated rings. The molecule has 1 N–H and O–H groups in total. The maximum Gasteiger partial charge on any atom is 0.419 e. The fourth-order valence-corrected chi connectivity index (χ4v) is 4.03. The molecule has 1 unspecified atom stereocenters. The van der Waals surface area contributed by atoms with Crippen molar-refractivity contribution in [2.45, 2.75) is 30.3 Å². The molecule has 3 rings (SSSR count). The molecule has 2 heterocycles. The number of nitrogens with one attached hydrogen (secondary N) is 1. The van der Waals surface area contributed by atoms with Crippen molar-refractivity contribution in [3.8, 4) is 0 Å². The summed E-state index contributed by atoms with van der Waals surface area (Å²) < 4.78 is 36.5. The number of ether oxygens (including phenoxy) is 1. The summed E-state index contributed by atoms with van der Waals surface area (Å²) >= 11 is 0. The van der Waals surface area contributed by atoms with E-state index >= 15 is 0 Å². The van der Waals surface area contributed by atoms with E-state index in [1.165, 1.54) is 22.8 Å². The van der Waals surface area contributed by atoms with Gasteiger partial charge in [-0.3, -0.25) is 9.36 Å². The van der Waals surface area contributed by atoms with Crippen LogP contribution in [0.15, 0.2) is 32.3 Å². The summed E-state index contributed by atoms with van der Waals surface area (Å²) in [5, 5.41) is 2.70. The Morgan fingerprint density at radius 3 is 2.92 bits per heavy atom. The first kappa shape index (κ1) is 17.7. The zero-order valence-corrected chi connectivity index (χ0v) is 14.7. The standard InChI is InChI=1S/C16H20N2O6S/c1-18-13-5-4-12(9-14(13)24-16(18)20)25(21,22)8-6-15(19)17-10-11-3-2-7-23-11/h4-5,9,11H,2-3,6-8,10H2,1H3,(H,17,19). The van der Waals surface area contributed by atoms with Crippen molar-refractivity contribution in [1.29, 1.82) is 0 Å². The van der Waals surface area contributed by atoms with E-state index in [4.69, 9.17) is 9.15 Å². The predicted molar refractivity (Wildman–Crippen MR) is 90.1 cm³/mol. The topological polar surface area (TPSA) is 108 Å². The zero-order valence-electron chi connectivity index (χ0n) is 13.9. The maximum absolute atomic E-state index is 12.4. The first-order valence-corrected chi connectivity index (χ1v) is 9.73. The zero-order chi connectivity index (χ0) is 18.0. The van der Waals surface area contributed by atoms with E-state index in [2.05, 4.69) is 5.32 Å². The monoisotopic (exact) mass is 368 g/mol. The normalized spacial score (nSPS) is 17.9. The van der Waals surface area contributed by atoms with E-state index < -0.39 is 15.6 Å². The summed E-state index contributed by atoms with van der Waals surface area (Å²) in [5.41, 5.74) is 0.717. The third-order valence-electron chi connectivity index (χ3n) is 4.27. The summed E-state index contributed by atoms with van der Waals surface area (Å²) in [6, 6.07) is 4.25. The van der Waals surface area contributed by atoms with Gasteiger partial charge in [-0.1, -0.05) is 0 Å². The molecule has 1 saturated heterocycles. The van der Waals surface area contributed by atoms with Gasteiger partial charge in [-0.25, -0.2) is 13.2 Å². The Hall–Kier alpha value is -2.13. The number of fused-ring (bicyclic) bond motifs is 1. The van der Waals surface area contributed by atoms with Gasteiger partial charge in [-0.15, -0.1) is 0 Å². The Labute approximate surface area is 144 Å². The number of carbonyl (C=O) groups excluding carboxylic acids is 1. The van der Waals surface area contributed by atoms with Crippen molar-refractivity contribution in [1.82, 2.24) is 9.88 Å². The SMILES string of the molecule is Cn1c(=O)oc2cc(S(=O)(=O)CCC(=O)NCC3CCCO3)ccc21. The number of carbonyl (C=O) groups is 1. The van der Waals surface area contributed by atoms with Crippen LogP contribution >= 0.6 is 0 Å². The minimum Gasteiger partial charge on any atom is -0.408 e. The minimum atomic E-state index is -3.65. The first-order chi connectivity index (χ1) is 11.9. The summed E-state index contributed by atoms with van der Waals surface area (Å²) in [5.74, 6) is -1.20. The van der Waals surface area contributed by atoms with Crippen LogP contribution in [0, 0.1) is 0 Å². The second-order valence-electron chi connectivity index (χ2n) is 6.06. The Morgan fingerprint density at radius 1 is 1.40 bits per heavy atom. The van der Waals surface area contributed by atoms with E-state index in [9.17, 15) is 18.0 Å². The molecule has 1 atom stereocenters. The van der Waals surface area contributed by atoms with Crippen LogP contribution in [-0.4, -0.2) is 43.9 Å². The van der Waals surface area contributed by atoms with Crippen LogP contribution < -0.4 is 11.1 Å². The van der Waals surface area contributed by atoms with Crippen molar-refractivity contribution in [2.75, 3.05) is 18.9 Å². The van der Waals surface area contributed by atoms with Gasteiger partial charge in [0.05, 0.1) is 22.3 Å². The van der Waals surface area contributed by atoms with Crippen molar-refractivity contribution in [2.24, 2.45) is 7.05 Å². The molecule has 0 saturated carbocycles. The van der Waals surface area contributed by atoms with Gasteiger partial charge in [-0.2, -0.15) is 0 Å². The van der Waals surface area contributed by atoms with Crippen LogP contribution in [0.3, 0.4) is 0 Å². The molecule has 1 aromatic heterocycles. The van der Waals surface area contributed by atoms with Gasteiger partial charge in [0.15, 0.2) is 15.4 Å². The third kappa shape index (κ3) is 3.93. The minimum absolute atomic E-state index is 0.0175. The molecule has 25 heavy (non-hydrogen) atoms. The molecule has 0 bridgehead atoms. The highest BCUT2D eigenvalue weighted by Crippen LogP contribution is 2.19. The molecule has 1 amide bonds. The average molecular weight is 368 g/mol. The average Bonchev–Trinajstić information content (AvgIpc) is 3.19. The fraction of sp³-hybridized carbons (Fsp3) is 0.500. The summed E-state index contributed by atoms with van der Waals surface area (Å²) in [6.07, 6.45) is 1.77. The molecule has 1 aliphatic heterocycles. The number of benzene rings is 1. The lowest BCUT2D eigenvalue weighted by molar-refractivity contribution is -0.121. The quantitative estimate of drug-likeness (QED) is 0.800. The number of aromatic nitrogens is 1. The number of aryl methyl sites for hydroxylation is 1. The lowest BCUT2D eigenvalue weighted by atomic mass is 10.2. The number of hydrogen-bond acceptors (Lipinski definition) is 6. The molecule has 1 aromatic carbocycles. The molecule has 0 radical (unpaired) electrons. The smallest absolute Gasteiger partial charge is 0.408 e. The van der Waals surface area contributed by atoms with Gasteiger partial charge in [0.2, 0.25) is 5.91 Å². The molecular weight excluding hydrogens is 348 g/mol. The highest BCUT2D eigenvalue weighted by molar-refractivity contribution is 7.91. The molecule has 0 aliphatic carbocycles. The number of rotatable bonds is 6. The van der Waals surface area contributed by atoms with Gasteiger partial charge < -0.3 is 14.5 Å². The van der Waals surface area contributed by atoms with Gasteiger partial charge in [-0.05, 0) is 25.0 Å². The van der Waals surface area contributed by atoms with Crippen molar-refractivity contribution in [3.05, 3.63) is 28.7 Å². The second kappa shape index (κ2) is 7.01. The van der Waals surface area contributed by atoms with Crippen LogP contribution in [-0.2, 0) is 26.4 Å². The Kier molecular flexibility index (Phi) is 4.96. The molecule has 0 spiro atoms. The van der Waals surface area contributed by atoms with E-state index in [0.29, 0.717) is 18.7 Å². The van der Waals surface area contributed by atoms with Crippen LogP contribution in [0.4, 0.5) is 0 Å². The van der Waals surface area contributed by atoms with Gasteiger partial charge in [0.1, 0.15) is 0 Å². The summed E-state index contributed by atoms with van der Waals surface area (Å²) in [4.78, 5) is 23.4. The van der Waals surface area contributed by atoms with Crippen LogP contribution in [0.1, 0.15) is 19.3 Å². The molecular formula is C16H20N2O6S. The molecule has 8 nitrogen and oxygen atoms in total. The van der Waals surface area contributed by atoms with E-state index in [0.717, 1.165) is 12.8 Å². The van der Waals surface area contributed by atoms with Gasteiger partial charge >= 0.3 is 5.76 Å². The highest BCUT2D eigenvalue weighted by atomic mass is 32.2. The summed E-state index contributed by atoms with van der Waals surface area (Å²) in [6.45, 7) is 1.10. The Morgan fingerprint density at radius 2 is 2.20 bits per heavy atom. The highest BCUT2D eigenvalue weighted by Gasteiger charge is 2.20. The van der Waals surface area contributed by atoms with E-state index in [-0.39, 0.29) is 34.7 Å².